The Morgan fingerprint density at radius 1 is 1.25 bits per heavy atom. The number of nitrogens with one attached hydrogen (secondary N) is 1. The maximum Gasteiger partial charge on any atom is 0.151 e. The van der Waals surface area contributed by atoms with Crippen molar-refractivity contribution in [1.29, 1.82) is 0 Å². The van der Waals surface area contributed by atoms with E-state index in [0.717, 1.165) is 12.1 Å². The normalized spacial score (nSPS) is 18.5. The number of hydrogen-bond acceptors (Lipinski definition) is 3. The van der Waals surface area contributed by atoms with Crippen LogP contribution in [-0.4, -0.2) is 25.8 Å². The van der Waals surface area contributed by atoms with E-state index in [0.29, 0.717) is 23.9 Å². The number of ether oxygens (including phenoxy) is 2. The molecule has 0 amide bonds. The summed E-state index contributed by atoms with van der Waals surface area (Å²) in [6, 6.07) is 12.2. The Morgan fingerprint density at radius 2 is 2.00 bits per heavy atom. The summed E-state index contributed by atoms with van der Waals surface area (Å²) < 4.78 is 25.4. The van der Waals surface area contributed by atoms with Crippen molar-refractivity contribution in [2.75, 3.05) is 19.7 Å². The molecule has 6 heteroatoms. The summed E-state index contributed by atoms with van der Waals surface area (Å²) in [7, 11) is 0. The largest absolute Gasteiger partial charge is 0.481 e. The first kappa shape index (κ1) is 19.0. The molecule has 2 aromatic carbocycles. The Kier molecular flexibility index (Phi) is 6.87. The molecule has 1 aliphatic rings. The monoisotopic (exact) mass is 371 g/mol. The lowest BCUT2D eigenvalue weighted by molar-refractivity contribution is -0.0432. The van der Waals surface area contributed by atoms with Crippen LogP contribution < -0.4 is 10.1 Å². The van der Waals surface area contributed by atoms with Crippen LogP contribution in [-0.2, 0) is 4.74 Å². The van der Waals surface area contributed by atoms with E-state index >= 15 is 0 Å². The Balaban J connectivity index is 0.00000208. The lowest BCUT2D eigenvalue weighted by Gasteiger charge is -2.32. The molecular weight excluding hydrogens is 352 g/mol. The molecule has 1 N–H and O–H groups in total. The lowest BCUT2D eigenvalue weighted by Crippen LogP contribution is -2.43. The van der Waals surface area contributed by atoms with Gasteiger partial charge in [-0.3, -0.25) is 0 Å². The third-order valence-corrected chi connectivity index (χ3v) is 4.16. The minimum Gasteiger partial charge on any atom is -0.481 e. The molecule has 0 aromatic heterocycles. The maximum absolute atomic E-state index is 13.5. The molecule has 130 valence electrons. The van der Waals surface area contributed by atoms with Gasteiger partial charge in [-0.1, -0.05) is 41.4 Å². The molecule has 2 aromatic rings. The summed E-state index contributed by atoms with van der Waals surface area (Å²) in [6.45, 7) is 4.14. The van der Waals surface area contributed by atoms with Crippen LogP contribution in [0.4, 0.5) is 4.39 Å². The predicted octanol–water partition coefficient (Wildman–Crippen LogP) is 4.32. The number of aryl methyl sites for hydroxylation is 1. The third kappa shape index (κ3) is 4.61. The van der Waals surface area contributed by atoms with Crippen LogP contribution in [0.2, 0.25) is 5.02 Å². The standard InChI is InChI=1S/C18H19ClFNO2.ClH/c1-12-2-4-13(5-3-12)18(17-11-21-8-9-22-17)23-16-10-14(20)6-7-15(16)19;/h2-7,10,17-18,21H,8-9,11H2,1H3;1H/t17-,18-;/m0./s1. The molecule has 3 rings (SSSR count). The first-order valence-electron chi connectivity index (χ1n) is 7.64. The SMILES string of the molecule is Cc1ccc([C@H](Oc2cc(F)ccc2Cl)[C@@H]2CNCCO2)cc1.Cl. The molecule has 1 aliphatic heterocycles. The van der Waals surface area contributed by atoms with Gasteiger partial charge in [0.1, 0.15) is 17.7 Å². The molecule has 24 heavy (non-hydrogen) atoms. The van der Waals surface area contributed by atoms with E-state index in [1.807, 2.05) is 31.2 Å². The van der Waals surface area contributed by atoms with Gasteiger partial charge >= 0.3 is 0 Å². The highest BCUT2D eigenvalue weighted by atomic mass is 35.5. The second-order valence-corrected chi connectivity index (χ2v) is 6.04. The zero-order valence-corrected chi connectivity index (χ0v) is 14.9. The average Bonchev–Trinajstić information content (AvgIpc) is 2.57. The van der Waals surface area contributed by atoms with Gasteiger partial charge in [-0.15, -0.1) is 12.4 Å². The van der Waals surface area contributed by atoms with Gasteiger partial charge in [-0.05, 0) is 24.6 Å². The number of rotatable bonds is 4. The van der Waals surface area contributed by atoms with Crippen molar-refractivity contribution in [3.63, 3.8) is 0 Å². The van der Waals surface area contributed by atoms with Crippen molar-refractivity contribution in [2.45, 2.75) is 19.1 Å². The minimum absolute atomic E-state index is 0. The molecule has 0 unspecified atom stereocenters. The van der Waals surface area contributed by atoms with Crippen molar-refractivity contribution in [3.05, 3.63) is 64.4 Å². The van der Waals surface area contributed by atoms with Crippen molar-refractivity contribution in [3.8, 4) is 5.75 Å². The number of halogens is 3. The highest BCUT2D eigenvalue weighted by Gasteiger charge is 2.28. The molecule has 2 atom stereocenters. The quantitative estimate of drug-likeness (QED) is 0.867. The minimum atomic E-state index is -0.380. The molecule has 0 saturated carbocycles. The fourth-order valence-corrected chi connectivity index (χ4v) is 2.76. The molecular formula is C18H20Cl2FNO2. The number of morpholine rings is 1. The molecule has 0 radical (unpaired) electrons. The molecule has 1 fully saturated rings. The highest BCUT2D eigenvalue weighted by Crippen LogP contribution is 2.32. The summed E-state index contributed by atoms with van der Waals surface area (Å²) in [4.78, 5) is 0. The van der Waals surface area contributed by atoms with Crippen molar-refractivity contribution in [1.82, 2.24) is 5.32 Å². The Labute approximate surface area is 152 Å². The van der Waals surface area contributed by atoms with Crippen molar-refractivity contribution >= 4 is 24.0 Å². The fourth-order valence-electron chi connectivity index (χ4n) is 2.60. The molecule has 1 saturated heterocycles. The number of hydrogen-bond donors (Lipinski definition) is 1. The van der Waals surface area contributed by atoms with Crippen LogP contribution in [0.1, 0.15) is 17.2 Å². The van der Waals surface area contributed by atoms with E-state index in [1.54, 1.807) is 0 Å². The summed E-state index contributed by atoms with van der Waals surface area (Å²) in [5, 5.41) is 3.68. The van der Waals surface area contributed by atoms with Gasteiger partial charge in [-0.25, -0.2) is 4.39 Å². The van der Waals surface area contributed by atoms with Crippen LogP contribution >= 0.6 is 24.0 Å². The molecule has 0 bridgehead atoms. The molecule has 0 spiro atoms. The number of benzene rings is 2. The Bertz CT molecular complexity index is 661. The van der Waals surface area contributed by atoms with E-state index in [1.165, 1.54) is 23.8 Å². The maximum atomic E-state index is 13.5. The zero-order chi connectivity index (χ0) is 16.2. The molecule has 0 aliphatic carbocycles. The predicted molar refractivity (Wildman–Crippen MR) is 95.8 cm³/mol. The van der Waals surface area contributed by atoms with Crippen LogP contribution in [0.5, 0.6) is 5.75 Å². The van der Waals surface area contributed by atoms with E-state index in [2.05, 4.69) is 5.32 Å². The van der Waals surface area contributed by atoms with E-state index in [4.69, 9.17) is 21.1 Å². The van der Waals surface area contributed by atoms with Crippen molar-refractivity contribution < 1.29 is 13.9 Å². The smallest absolute Gasteiger partial charge is 0.151 e. The van der Waals surface area contributed by atoms with Gasteiger partial charge in [0.15, 0.2) is 6.10 Å². The van der Waals surface area contributed by atoms with Gasteiger partial charge in [0, 0.05) is 19.2 Å². The van der Waals surface area contributed by atoms with Gasteiger partial charge in [0.2, 0.25) is 0 Å². The summed E-state index contributed by atoms with van der Waals surface area (Å²) >= 11 is 6.14. The lowest BCUT2D eigenvalue weighted by atomic mass is 10.0. The second-order valence-electron chi connectivity index (χ2n) is 5.64. The second kappa shape index (κ2) is 8.67. The Hall–Kier alpha value is -1.33. The average molecular weight is 372 g/mol. The Morgan fingerprint density at radius 3 is 2.67 bits per heavy atom. The van der Waals surface area contributed by atoms with E-state index in [9.17, 15) is 4.39 Å². The van der Waals surface area contributed by atoms with Crippen LogP contribution in [0.15, 0.2) is 42.5 Å². The van der Waals surface area contributed by atoms with Gasteiger partial charge in [0.05, 0.1) is 11.6 Å². The van der Waals surface area contributed by atoms with Gasteiger partial charge in [0.25, 0.3) is 0 Å². The molecule has 3 nitrogen and oxygen atoms in total. The first-order chi connectivity index (χ1) is 11.1. The third-order valence-electron chi connectivity index (χ3n) is 3.85. The topological polar surface area (TPSA) is 30.5 Å². The van der Waals surface area contributed by atoms with E-state index < -0.39 is 0 Å². The van der Waals surface area contributed by atoms with Crippen LogP contribution in [0.25, 0.3) is 0 Å². The first-order valence-corrected chi connectivity index (χ1v) is 8.02. The van der Waals surface area contributed by atoms with Gasteiger partial charge < -0.3 is 14.8 Å². The van der Waals surface area contributed by atoms with Crippen molar-refractivity contribution in [2.24, 2.45) is 0 Å². The fraction of sp³-hybridized carbons (Fsp3) is 0.333. The highest BCUT2D eigenvalue weighted by molar-refractivity contribution is 6.32. The van der Waals surface area contributed by atoms with E-state index in [-0.39, 0.29) is 30.4 Å². The summed E-state index contributed by atoms with van der Waals surface area (Å²) in [5.41, 5.74) is 2.14. The summed E-state index contributed by atoms with van der Waals surface area (Å²) in [6.07, 6.45) is -0.520. The summed E-state index contributed by atoms with van der Waals surface area (Å²) in [5.74, 6) is -0.0545. The zero-order valence-electron chi connectivity index (χ0n) is 13.3. The molecule has 1 heterocycles. The van der Waals surface area contributed by atoms with Crippen LogP contribution in [0.3, 0.4) is 0 Å². The van der Waals surface area contributed by atoms with Crippen LogP contribution in [0, 0.1) is 12.7 Å². The van der Waals surface area contributed by atoms with Gasteiger partial charge in [-0.2, -0.15) is 0 Å².